The molecule has 0 N–H and O–H groups in total. The van der Waals surface area contributed by atoms with Gasteiger partial charge in [-0.25, -0.2) is 17.6 Å². The maximum absolute atomic E-state index is 12.7. The van der Waals surface area contributed by atoms with Gasteiger partial charge in [-0.3, -0.25) is 4.21 Å². The van der Waals surface area contributed by atoms with Crippen molar-refractivity contribution in [3.05, 3.63) is 0 Å². The Hall–Kier alpha value is -0.170. The lowest BCUT2D eigenvalue weighted by Crippen LogP contribution is -2.53. The summed E-state index contributed by atoms with van der Waals surface area (Å²) in [4.78, 5) is 0. The van der Waals surface area contributed by atoms with Crippen molar-refractivity contribution in [2.24, 2.45) is 0 Å². The second-order valence-electron chi connectivity index (χ2n) is 3.02. The average Bonchev–Trinajstić information content (AvgIpc) is 1.79. The van der Waals surface area contributed by atoms with Crippen LogP contribution in [0.15, 0.2) is 0 Å². The Morgan fingerprint density at radius 2 is 1.54 bits per heavy atom. The molecule has 0 bridgehead atoms. The van der Waals surface area contributed by atoms with Gasteiger partial charge >= 0.3 is 0 Å². The van der Waals surface area contributed by atoms with Crippen molar-refractivity contribution in [1.82, 2.24) is 0 Å². The summed E-state index contributed by atoms with van der Waals surface area (Å²) < 4.78 is 71.4. The third-order valence-electron chi connectivity index (χ3n) is 1.98. The number of halogens is 4. The molecule has 1 unspecified atom stereocenters. The van der Waals surface area contributed by atoms with Gasteiger partial charge in [-0.2, -0.15) is 0 Å². The molecule has 1 atom stereocenters. The van der Waals surface area contributed by atoms with Crippen LogP contribution in [0.2, 0.25) is 0 Å². The molecule has 1 saturated carbocycles. The molecule has 0 aromatic carbocycles. The fraction of sp³-hybridized carbons (Fsp3) is 1.00. The fourth-order valence-electron chi connectivity index (χ4n) is 1.41. The molecule has 1 aliphatic carbocycles. The highest BCUT2D eigenvalue weighted by atomic mass is 32.2. The molecule has 1 rings (SSSR count). The van der Waals surface area contributed by atoms with Gasteiger partial charge < -0.3 is 4.55 Å². The van der Waals surface area contributed by atoms with Crippen LogP contribution in [-0.2, 0) is 11.1 Å². The van der Waals surface area contributed by atoms with Crippen molar-refractivity contribution in [3.63, 3.8) is 0 Å². The van der Waals surface area contributed by atoms with Crippen molar-refractivity contribution in [1.29, 1.82) is 0 Å². The molecule has 0 aromatic heterocycles. The summed E-state index contributed by atoms with van der Waals surface area (Å²) in [5, 5.41) is -2.87. The molecule has 78 valence electrons. The maximum atomic E-state index is 12.7. The lowest BCUT2D eigenvalue weighted by molar-refractivity contribution is -0.138. The molecule has 1 aliphatic rings. The van der Waals surface area contributed by atoms with Crippen LogP contribution < -0.4 is 0 Å². The zero-order valence-electron chi connectivity index (χ0n) is 6.44. The van der Waals surface area contributed by atoms with Crippen LogP contribution in [0, 0.1) is 0 Å². The van der Waals surface area contributed by atoms with Gasteiger partial charge in [0.2, 0.25) is 0 Å². The van der Waals surface area contributed by atoms with Gasteiger partial charge in [0.15, 0.2) is 0 Å². The molecule has 7 heteroatoms. The summed E-state index contributed by atoms with van der Waals surface area (Å²) >= 11 is -3.44. The number of hydrogen-bond acceptors (Lipinski definition) is 2. The summed E-state index contributed by atoms with van der Waals surface area (Å²) in [7, 11) is 0. The van der Waals surface area contributed by atoms with Crippen molar-refractivity contribution in [2.75, 3.05) is 0 Å². The summed E-state index contributed by atoms with van der Waals surface area (Å²) in [5.41, 5.74) is 0. The minimum atomic E-state index is -3.81. The molecule has 0 spiro atoms. The lowest BCUT2D eigenvalue weighted by Gasteiger charge is -2.38. The molecule has 0 radical (unpaired) electrons. The highest BCUT2D eigenvalue weighted by Crippen LogP contribution is 2.44. The van der Waals surface area contributed by atoms with Gasteiger partial charge in [0.25, 0.3) is 11.8 Å². The van der Waals surface area contributed by atoms with Crippen LogP contribution in [0.25, 0.3) is 0 Å². The van der Waals surface area contributed by atoms with E-state index in [4.69, 9.17) is 0 Å². The number of rotatable bonds is 1. The molecule has 0 saturated heterocycles. The van der Waals surface area contributed by atoms with E-state index in [2.05, 4.69) is 0 Å². The van der Waals surface area contributed by atoms with Crippen LogP contribution in [0.3, 0.4) is 0 Å². The first-order valence-electron chi connectivity index (χ1n) is 3.61. The van der Waals surface area contributed by atoms with E-state index in [0.29, 0.717) is 0 Å². The monoisotopic (exact) mass is 219 g/mol. The third-order valence-corrected chi connectivity index (χ3v) is 3.05. The predicted octanol–water partition coefficient (Wildman–Crippen LogP) is 1.69. The first kappa shape index (κ1) is 10.9. The minimum absolute atomic E-state index is 0.353. The maximum Gasteiger partial charge on any atom is 0.267 e. The Balaban J connectivity index is 2.98. The van der Waals surface area contributed by atoms with E-state index in [1.54, 1.807) is 0 Å². The van der Waals surface area contributed by atoms with Crippen LogP contribution >= 0.6 is 0 Å². The van der Waals surface area contributed by atoms with Gasteiger partial charge in [0, 0.05) is 12.8 Å². The van der Waals surface area contributed by atoms with Crippen LogP contribution in [-0.4, -0.2) is 25.9 Å². The molecule has 0 aliphatic heterocycles. The van der Waals surface area contributed by atoms with Gasteiger partial charge in [-0.15, -0.1) is 0 Å². The largest absolute Gasteiger partial charge is 0.772 e. The van der Waals surface area contributed by atoms with Gasteiger partial charge in [0.1, 0.15) is 5.25 Å². The quantitative estimate of drug-likeness (QED) is 0.497. The van der Waals surface area contributed by atoms with E-state index >= 15 is 0 Å². The Labute approximate surface area is 74.6 Å². The van der Waals surface area contributed by atoms with E-state index in [1.165, 1.54) is 0 Å². The van der Waals surface area contributed by atoms with Crippen molar-refractivity contribution >= 4 is 11.1 Å². The lowest BCUT2D eigenvalue weighted by atomic mass is 9.93. The van der Waals surface area contributed by atoms with Crippen molar-refractivity contribution < 1.29 is 26.3 Å². The van der Waals surface area contributed by atoms with E-state index in [0.717, 1.165) is 0 Å². The van der Waals surface area contributed by atoms with Gasteiger partial charge in [0.05, 0.1) is 0 Å². The van der Waals surface area contributed by atoms with E-state index in [-0.39, 0.29) is 6.42 Å². The molecule has 1 fully saturated rings. The van der Waals surface area contributed by atoms with Crippen molar-refractivity contribution in [3.8, 4) is 0 Å². The molecular formula is C6H7F4O2S-. The topological polar surface area (TPSA) is 40.1 Å². The first-order valence-corrected chi connectivity index (χ1v) is 4.75. The van der Waals surface area contributed by atoms with Gasteiger partial charge in [-0.05, 0) is 17.5 Å². The van der Waals surface area contributed by atoms with Crippen LogP contribution in [0.1, 0.15) is 19.3 Å². The number of alkyl halides is 4. The smallest absolute Gasteiger partial charge is 0.267 e. The second kappa shape index (κ2) is 3.20. The first-order chi connectivity index (χ1) is 5.77. The SMILES string of the molecule is O=S([O-])C1C(F)(F)CCCC1(F)F. The van der Waals surface area contributed by atoms with Crippen molar-refractivity contribution in [2.45, 2.75) is 36.4 Å². The zero-order valence-corrected chi connectivity index (χ0v) is 7.25. The highest BCUT2D eigenvalue weighted by molar-refractivity contribution is 7.80. The van der Waals surface area contributed by atoms with Gasteiger partial charge in [-0.1, -0.05) is 0 Å². The van der Waals surface area contributed by atoms with Crippen LogP contribution in [0.5, 0.6) is 0 Å². The molecule has 0 heterocycles. The Kier molecular flexibility index (Phi) is 2.68. The molecule has 0 aromatic rings. The zero-order chi connectivity index (χ0) is 10.3. The summed E-state index contributed by atoms with van der Waals surface area (Å²) in [6.07, 6.45) is -1.93. The van der Waals surface area contributed by atoms with E-state index in [9.17, 15) is 26.3 Å². The third kappa shape index (κ3) is 2.01. The van der Waals surface area contributed by atoms with E-state index < -0.39 is 41.0 Å². The normalized spacial score (nSPS) is 29.9. The second-order valence-corrected chi connectivity index (χ2v) is 4.01. The summed E-state index contributed by atoms with van der Waals surface area (Å²) in [5.74, 6) is -7.62. The Morgan fingerprint density at radius 3 is 1.77 bits per heavy atom. The Morgan fingerprint density at radius 1 is 1.15 bits per heavy atom. The van der Waals surface area contributed by atoms with E-state index in [1.807, 2.05) is 0 Å². The fourth-order valence-corrected chi connectivity index (χ4v) is 2.21. The Bertz CT molecular complexity index is 215. The van der Waals surface area contributed by atoms with Crippen LogP contribution in [0.4, 0.5) is 17.6 Å². The summed E-state index contributed by atoms with van der Waals surface area (Å²) in [6.45, 7) is 0. The molecule has 0 amide bonds. The summed E-state index contributed by atoms with van der Waals surface area (Å²) in [6, 6.07) is 0. The molecular weight excluding hydrogens is 212 g/mol. The predicted molar refractivity (Wildman–Crippen MR) is 36.5 cm³/mol. The molecule has 2 nitrogen and oxygen atoms in total. The highest BCUT2D eigenvalue weighted by Gasteiger charge is 2.58. The standard InChI is InChI=1S/C6H8F4O2S/c7-5(8)2-1-3-6(9,10)4(5)13(11)12/h4H,1-3H2,(H,11,12)/p-1. The number of hydrogen-bond donors (Lipinski definition) is 0. The average molecular weight is 219 g/mol. The minimum Gasteiger partial charge on any atom is -0.772 e. The molecule has 13 heavy (non-hydrogen) atoms.